The van der Waals surface area contributed by atoms with E-state index in [4.69, 9.17) is 21.1 Å². The third kappa shape index (κ3) is 5.94. The summed E-state index contributed by atoms with van der Waals surface area (Å²) in [7, 11) is 1.55. The minimum atomic E-state index is -0.591. The molecule has 0 aromatic heterocycles. The van der Waals surface area contributed by atoms with Crippen molar-refractivity contribution >= 4 is 11.6 Å². The Morgan fingerprint density at radius 1 is 1.03 bits per heavy atom. The maximum atomic E-state index is 13.0. The number of hydrogen-bond donors (Lipinski definition) is 2. The summed E-state index contributed by atoms with van der Waals surface area (Å²) >= 11 is 6.40. The molecule has 1 atom stereocenters. The van der Waals surface area contributed by atoms with Crippen molar-refractivity contribution in [2.24, 2.45) is 0 Å². The Morgan fingerprint density at radius 3 is 2.45 bits per heavy atom. The second-order valence-electron chi connectivity index (χ2n) is 6.58. The fourth-order valence-corrected chi connectivity index (χ4v) is 3.19. The highest BCUT2D eigenvalue weighted by atomic mass is 35.5. The molecule has 0 radical (unpaired) electrons. The minimum absolute atomic E-state index is 0.247. The van der Waals surface area contributed by atoms with Gasteiger partial charge in [-0.05, 0) is 41.0 Å². The topological polar surface area (TPSA) is 50.7 Å². The fourth-order valence-electron chi connectivity index (χ4n) is 2.90. The lowest BCUT2D eigenvalue weighted by Crippen LogP contribution is -2.21. The Labute approximate surface area is 174 Å². The summed E-state index contributed by atoms with van der Waals surface area (Å²) in [6, 6.07) is 19.2. The van der Waals surface area contributed by atoms with Crippen LogP contribution in [0.25, 0.3) is 0 Å². The first-order chi connectivity index (χ1) is 14.1. The van der Waals surface area contributed by atoms with Gasteiger partial charge in [-0.3, -0.25) is 0 Å². The van der Waals surface area contributed by atoms with Crippen LogP contribution in [0.4, 0.5) is 4.39 Å². The van der Waals surface area contributed by atoms with Crippen molar-refractivity contribution in [2.45, 2.75) is 19.3 Å². The first-order valence-electron chi connectivity index (χ1n) is 9.24. The van der Waals surface area contributed by atoms with Gasteiger partial charge in [0.2, 0.25) is 0 Å². The van der Waals surface area contributed by atoms with E-state index in [0.717, 1.165) is 16.7 Å². The molecule has 3 aromatic carbocycles. The number of benzene rings is 3. The number of halogens is 2. The second kappa shape index (κ2) is 10.3. The summed E-state index contributed by atoms with van der Waals surface area (Å²) in [5.41, 5.74) is 2.59. The molecule has 4 nitrogen and oxygen atoms in total. The molecule has 3 aromatic rings. The van der Waals surface area contributed by atoms with E-state index in [0.29, 0.717) is 29.6 Å². The number of aliphatic hydroxyl groups is 1. The molecule has 0 bridgehead atoms. The Bertz CT molecular complexity index is 919. The van der Waals surface area contributed by atoms with Gasteiger partial charge in [0.05, 0.1) is 18.2 Å². The van der Waals surface area contributed by atoms with Gasteiger partial charge >= 0.3 is 0 Å². The predicted molar refractivity (Wildman–Crippen MR) is 112 cm³/mol. The van der Waals surface area contributed by atoms with E-state index in [2.05, 4.69) is 5.32 Å². The standard InChI is InChI=1S/C23H23ClFNO3/c1-28-22-12-17(13-26-14-21(27)18-5-3-2-4-6-18)11-20(24)23(22)29-15-16-7-9-19(25)10-8-16/h2-12,21,26-27H,13-15H2,1H3/t21-/m1/s1. The molecule has 0 aliphatic carbocycles. The van der Waals surface area contributed by atoms with Gasteiger partial charge in [0.1, 0.15) is 12.4 Å². The van der Waals surface area contributed by atoms with Crippen LogP contribution in [0.2, 0.25) is 5.02 Å². The van der Waals surface area contributed by atoms with E-state index in [1.165, 1.54) is 12.1 Å². The summed E-state index contributed by atoms with van der Waals surface area (Å²) in [5.74, 6) is 0.658. The monoisotopic (exact) mass is 415 g/mol. The first-order valence-corrected chi connectivity index (χ1v) is 9.62. The molecular weight excluding hydrogens is 393 g/mol. The molecular formula is C23H23ClFNO3. The average molecular weight is 416 g/mol. The van der Waals surface area contributed by atoms with Gasteiger partial charge in [-0.25, -0.2) is 4.39 Å². The largest absolute Gasteiger partial charge is 0.493 e. The van der Waals surface area contributed by atoms with Gasteiger partial charge in [-0.1, -0.05) is 54.1 Å². The van der Waals surface area contributed by atoms with Crippen molar-refractivity contribution in [1.82, 2.24) is 5.32 Å². The lowest BCUT2D eigenvalue weighted by molar-refractivity contribution is 0.174. The molecule has 0 aliphatic heterocycles. The molecule has 0 heterocycles. The van der Waals surface area contributed by atoms with E-state index >= 15 is 0 Å². The van der Waals surface area contributed by atoms with Gasteiger partial charge in [0, 0.05) is 13.1 Å². The first kappa shape index (κ1) is 21.1. The maximum absolute atomic E-state index is 13.0. The highest BCUT2D eigenvalue weighted by Gasteiger charge is 2.13. The molecule has 6 heteroatoms. The van der Waals surface area contributed by atoms with Crippen molar-refractivity contribution in [3.05, 3.63) is 94.3 Å². The lowest BCUT2D eigenvalue weighted by atomic mass is 10.1. The van der Waals surface area contributed by atoms with Gasteiger partial charge in [0.15, 0.2) is 11.5 Å². The van der Waals surface area contributed by atoms with Crippen LogP contribution in [0.3, 0.4) is 0 Å². The number of aliphatic hydroxyl groups excluding tert-OH is 1. The highest BCUT2D eigenvalue weighted by molar-refractivity contribution is 6.32. The Kier molecular flexibility index (Phi) is 7.47. The van der Waals surface area contributed by atoms with Crippen LogP contribution >= 0.6 is 11.6 Å². The zero-order chi connectivity index (χ0) is 20.6. The Hall–Kier alpha value is -2.60. The third-order valence-electron chi connectivity index (χ3n) is 4.44. The molecule has 0 fully saturated rings. The molecule has 29 heavy (non-hydrogen) atoms. The molecule has 2 N–H and O–H groups in total. The van der Waals surface area contributed by atoms with Crippen molar-refractivity contribution in [2.75, 3.05) is 13.7 Å². The normalized spacial score (nSPS) is 11.9. The summed E-state index contributed by atoms with van der Waals surface area (Å²) in [6.45, 7) is 1.17. The predicted octanol–water partition coefficient (Wildman–Crippen LogP) is 4.89. The fraction of sp³-hybridized carbons (Fsp3) is 0.217. The molecule has 152 valence electrons. The molecule has 0 saturated carbocycles. The summed E-state index contributed by atoms with van der Waals surface area (Å²) < 4.78 is 24.2. The van der Waals surface area contributed by atoms with Gasteiger partial charge in [0.25, 0.3) is 0 Å². The average Bonchev–Trinajstić information content (AvgIpc) is 2.74. The van der Waals surface area contributed by atoms with Crippen LogP contribution < -0.4 is 14.8 Å². The summed E-state index contributed by atoms with van der Waals surface area (Å²) in [4.78, 5) is 0. The van der Waals surface area contributed by atoms with E-state index in [1.807, 2.05) is 36.4 Å². The second-order valence-corrected chi connectivity index (χ2v) is 6.99. The number of hydrogen-bond acceptors (Lipinski definition) is 4. The zero-order valence-corrected chi connectivity index (χ0v) is 16.8. The van der Waals surface area contributed by atoms with E-state index in [1.54, 1.807) is 25.3 Å². The van der Waals surface area contributed by atoms with E-state index < -0.39 is 6.10 Å². The van der Waals surface area contributed by atoms with Crippen LogP contribution in [0, 0.1) is 5.82 Å². The molecule has 0 amide bonds. The number of methoxy groups -OCH3 is 1. The zero-order valence-electron chi connectivity index (χ0n) is 16.1. The molecule has 3 rings (SSSR count). The van der Waals surface area contributed by atoms with Crippen LogP contribution in [0.15, 0.2) is 66.7 Å². The molecule has 0 aliphatic rings. The maximum Gasteiger partial charge on any atom is 0.180 e. The SMILES string of the molecule is COc1cc(CNC[C@@H](O)c2ccccc2)cc(Cl)c1OCc1ccc(F)cc1. The number of rotatable bonds is 9. The van der Waals surface area contributed by atoms with Crippen molar-refractivity contribution in [3.8, 4) is 11.5 Å². The van der Waals surface area contributed by atoms with Crippen LogP contribution in [0.1, 0.15) is 22.8 Å². The van der Waals surface area contributed by atoms with Crippen molar-refractivity contribution < 1.29 is 19.0 Å². The minimum Gasteiger partial charge on any atom is -0.493 e. The van der Waals surface area contributed by atoms with Crippen LogP contribution in [0.5, 0.6) is 11.5 Å². The van der Waals surface area contributed by atoms with Gasteiger partial charge in [-0.2, -0.15) is 0 Å². The summed E-state index contributed by atoms with van der Waals surface area (Å²) in [5, 5.41) is 13.9. The van der Waals surface area contributed by atoms with E-state index in [-0.39, 0.29) is 12.4 Å². The number of ether oxygens (including phenoxy) is 2. The highest BCUT2D eigenvalue weighted by Crippen LogP contribution is 2.37. The van der Waals surface area contributed by atoms with Crippen LogP contribution in [-0.4, -0.2) is 18.8 Å². The van der Waals surface area contributed by atoms with Crippen molar-refractivity contribution in [3.63, 3.8) is 0 Å². The quantitative estimate of drug-likeness (QED) is 0.522. The molecule has 0 unspecified atom stereocenters. The number of nitrogens with one attached hydrogen (secondary N) is 1. The lowest BCUT2D eigenvalue weighted by Gasteiger charge is -2.16. The Morgan fingerprint density at radius 2 is 1.76 bits per heavy atom. The summed E-state index contributed by atoms with van der Waals surface area (Å²) in [6.07, 6.45) is -0.591. The van der Waals surface area contributed by atoms with Gasteiger partial charge in [-0.15, -0.1) is 0 Å². The van der Waals surface area contributed by atoms with Gasteiger partial charge < -0.3 is 19.9 Å². The Balaban J connectivity index is 1.60. The van der Waals surface area contributed by atoms with E-state index in [9.17, 15) is 9.50 Å². The third-order valence-corrected chi connectivity index (χ3v) is 4.72. The smallest absolute Gasteiger partial charge is 0.180 e. The van der Waals surface area contributed by atoms with Crippen LogP contribution in [-0.2, 0) is 13.2 Å². The molecule has 0 spiro atoms. The van der Waals surface area contributed by atoms with Crippen molar-refractivity contribution in [1.29, 1.82) is 0 Å². The molecule has 0 saturated heterocycles.